The Bertz CT molecular complexity index is 1250. The lowest BCUT2D eigenvalue weighted by Gasteiger charge is -2.20. The molecule has 0 heterocycles. The minimum Gasteiger partial charge on any atom is -0.460 e. The van der Waals surface area contributed by atoms with Gasteiger partial charge in [-0.1, -0.05) is 43.1 Å². The van der Waals surface area contributed by atoms with Crippen molar-refractivity contribution in [3.05, 3.63) is 94.5 Å². The molecule has 0 atom stereocenters. The molecule has 0 aliphatic heterocycles. The first-order chi connectivity index (χ1) is 16.8. The molecule has 0 amide bonds. The molecule has 192 valence electrons. The van der Waals surface area contributed by atoms with Gasteiger partial charge in [-0.25, -0.2) is 13.2 Å². The van der Waals surface area contributed by atoms with E-state index in [2.05, 4.69) is 9.47 Å². The molecule has 0 N–H and O–H groups in total. The summed E-state index contributed by atoms with van der Waals surface area (Å²) in [6.45, 7) is 1.92. The Morgan fingerprint density at radius 3 is 2.17 bits per heavy atom. The molecule has 0 unspecified atom stereocenters. The van der Waals surface area contributed by atoms with Gasteiger partial charge in [-0.05, 0) is 35.7 Å². The molecule has 0 fully saturated rings. The summed E-state index contributed by atoms with van der Waals surface area (Å²) in [6.07, 6.45) is -7.85. The summed E-state index contributed by atoms with van der Waals surface area (Å²) >= 11 is 5.71. The second kappa shape index (κ2) is 10.8. The Morgan fingerprint density at radius 1 is 0.861 bits per heavy atom. The molecular formula is C25H17ClF8O2. The van der Waals surface area contributed by atoms with Crippen LogP contribution in [-0.2, 0) is 12.5 Å². The van der Waals surface area contributed by atoms with Gasteiger partial charge in [0.1, 0.15) is 17.4 Å². The Kier molecular flexibility index (Phi) is 8.18. The second-order valence-corrected chi connectivity index (χ2v) is 7.96. The van der Waals surface area contributed by atoms with Gasteiger partial charge in [-0.3, -0.25) is 0 Å². The molecular weight excluding hydrogens is 520 g/mol. The van der Waals surface area contributed by atoms with Crippen molar-refractivity contribution in [2.75, 3.05) is 0 Å². The van der Waals surface area contributed by atoms with Gasteiger partial charge in [0.05, 0.1) is 22.9 Å². The topological polar surface area (TPSA) is 18.5 Å². The first-order valence-corrected chi connectivity index (χ1v) is 10.7. The number of rotatable bonds is 8. The summed E-state index contributed by atoms with van der Waals surface area (Å²) < 4.78 is 118. The van der Waals surface area contributed by atoms with E-state index >= 15 is 0 Å². The molecule has 0 saturated heterocycles. The van der Waals surface area contributed by atoms with Crippen LogP contribution in [0.4, 0.5) is 35.1 Å². The number of ether oxygens (including phenoxy) is 2. The summed E-state index contributed by atoms with van der Waals surface area (Å²) in [5, 5.41) is -0.676. The van der Waals surface area contributed by atoms with Crippen LogP contribution >= 0.6 is 11.6 Å². The van der Waals surface area contributed by atoms with E-state index in [1.807, 2.05) is 6.92 Å². The average molecular weight is 537 g/mol. The fraction of sp³-hybridized carbons (Fsp3) is 0.200. The maximum Gasteiger partial charge on any atom is 0.429 e. The average Bonchev–Trinajstić information content (AvgIpc) is 2.74. The number of alkyl halides is 5. The van der Waals surface area contributed by atoms with E-state index < -0.39 is 51.8 Å². The van der Waals surface area contributed by atoms with E-state index in [4.69, 9.17) is 11.6 Å². The fourth-order valence-corrected chi connectivity index (χ4v) is 3.49. The van der Waals surface area contributed by atoms with Gasteiger partial charge >= 0.3 is 12.3 Å². The Labute approximate surface area is 205 Å². The van der Waals surface area contributed by atoms with Gasteiger partial charge in [0.25, 0.3) is 0 Å². The van der Waals surface area contributed by atoms with Crippen molar-refractivity contribution < 1.29 is 44.6 Å². The zero-order valence-electron chi connectivity index (χ0n) is 18.4. The van der Waals surface area contributed by atoms with Gasteiger partial charge in [-0.2, -0.15) is 22.0 Å². The first kappa shape index (κ1) is 27.3. The minimum absolute atomic E-state index is 0.00792. The van der Waals surface area contributed by atoms with Crippen molar-refractivity contribution in [1.82, 2.24) is 0 Å². The highest BCUT2D eigenvalue weighted by Gasteiger charge is 2.38. The normalized spacial score (nSPS) is 12.3. The molecule has 36 heavy (non-hydrogen) atoms. The molecule has 2 nitrogen and oxygen atoms in total. The number of benzene rings is 3. The summed E-state index contributed by atoms with van der Waals surface area (Å²) in [5.41, 5.74) is -0.475. The van der Waals surface area contributed by atoms with Gasteiger partial charge in [0.2, 0.25) is 0 Å². The SMILES string of the molecule is CCCc1ccc(-c2ccc(C(F)(F)Oc3cc(F)c(O/C=C/C(F)(F)F)c(Cl)c3)c(F)c2)c(F)c1. The van der Waals surface area contributed by atoms with Crippen LogP contribution < -0.4 is 9.47 Å². The van der Waals surface area contributed by atoms with Gasteiger partial charge in [0, 0.05) is 17.7 Å². The molecule has 0 saturated carbocycles. The largest absolute Gasteiger partial charge is 0.460 e. The number of hydrogen-bond acceptors (Lipinski definition) is 2. The lowest BCUT2D eigenvalue weighted by molar-refractivity contribution is -0.187. The number of allylic oxidation sites excluding steroid dienone is 1. The predicted molar refractivity (Wildman–Crippen MR) is 118 cm³/mol. The predicted octanol–water partition coefficient (Wildman–Crippen LogP) is 8.96. The molecule has 0 aromatic heterocycles. The first-order valence-electron chi connectivity index (χ1n) is 10.4. The van der Waals surface area contributed by atoms with Crippen LogP contribution in [0, 0.1) is 17.5 Å². The molecule has 3 rings (SSSR count). The third kappa shape index (κ3) is 6.69. The molecule has 11 heteroatoms. The Hall–Kier alpha value is -3.27. The highest BCUT2D eigenvalue weighted by atomic mass is 35.5. The maximum absolute atomic E-state index is 14.7. The molecule has 0 aliphatic rings. The summed E-state index contributed by atoms with van der Waals surface area (Å²) in [4.78, 5) is 0. The third-order valence-electron chi connectivity index (χ3n) is 4.83. The van der Waals surface area contributed by atoms with Gasteiger partial charge in [-0.15, -0.1) is 0 Å². The second-order valence-electron chi connectivity index (χ2n) is 7.56. The van der Waals surface area contributed by atoms with Crippen molar-refractivity contribution in [2.24, 2.45) is 0 Å². The lowest BCUT2D eigenvalue weighted by atomic mass is 10.00. The molecule has 0 radical (unpaired) electrons. The zero-order chi connectivity index (χ0) is 26.7. The monoisotopic (exact) mass is 536 g/mol. The van der Waals surface area contributed by atoms with Crippen LogP contribution in [0.3, 0.4) is 0 Å². The summed E-state index contributed by atoms with van der Waals surface area (Å²) in [5.74, 6) is -5.18. The minimum atomic E-state index is -4.74. The maximum atomic E-state index is 14.7. The molecule has 0 spiro atoms. The zero-order valence-corrected chi connectivity index (χ0v) is 19.2. The van der Waals surface area contributed by atoms with E-state index in [9.17, 15) is 35.1 Å². The van der Waals surface area contributed by atoms with Crippen molar-refractivity contribution in [1.29, 1.82) is 0 Å². The third-order valence-corrected chi connectivity index (χ3v) is 5.11. The van der Waals surface area contributed by atoms with E-state index in [1.54, 1.807) is 6.07 Å². The van der Waals surface area contributed by atoms with Crippen LogP contribution in [0.15, 0.2) is 60.9 Å². The van der Waals surface area contributed by atoms with Gasteiger partial charge in [0.15, 0.2) is 11.6 Å². The van der Waals surface area contributed by atoms with Crippen molar-refractivity contribution in [3.8, 4) is 22.6 Å². The van der Waals surface area contributed by atoms with E-state index in [1.165, 1.54) is 12.1 Å². The molecule has 3 aromatic carbocycles. The van der Waals surface area contributed by atoms with Crippen LogP contribution in [0.2, 0.25) is 5.02 Å². The van der Waals surface area contributed by atoms with Crippen LogP contribution in [-0.4, -0.2) is 6.18 Å². The molecule has 0 aliphatic carbocycles. The fourth-order valence-electron chi connectivity index (χ4n) is 3.25. The Balaban J connectivity index is 1.83. The lowest BCUT2D eigenvalue weighted by Crippen LogP contribution is -2.23. The highest BCUT2D eigenvalue weighted by Crippen LogP contribution is 2.39. The van der Waals surface area contributed by atoms with Crippen LogP contribution in [0.25, 0.3) is 11.1 Å². The van der Waals surface area contributed by atoms with Crippen molar-refractivity contribution >= 4 is 11.6 Å². The smallest absolute Gasteiger partial charge is 0.429 e. The summed E-state index contributed by atoms with van der Waals surface area (Å²) in [6, 6.07) is 7.88. The highest BCUT2D eigenvalue weighted by molar-refractivity contribution is 6.32. The van der Waals surface area contributed by atoms with Crippen LogP contribution in [0.5, 0.6) is 11.5 Å². The standard InChI is InChI=1S/C25H17ClF8O2/c1-2-3-14-4-6-17(20(27)10-14)15-5-7-18(21(28)11-15)25(33,34)36-16-12-19(26)23(22(29)13-16)35-9-8-24(30,31)32/h4-13H,2-3H2,1H3/b9-8+. The van der Waals surface area contributed by atoms with Crippen molar-refractivity contribution in [2.45, 2.75) is 32.1 Å². The van der Waals surface area contributed by atoms with E-state index in [-0.39, 0.29) is 23.5 Å². The molecule has 0 bridgehead atoms. The van der Waals surface area contributed by atoms with Crippen LogP contribution in [0.1, 0.15) is 24.5 Å². The van der Waals surface area contributed by atoms with Gasteiger partial charge < -0.3 is 9.47 Å². The molecule has 3 aromatic rings. The van der Waals surface area contributed by atoms with E-state index in [0.717, 1.165) is 18.1 Å². The number of hydrogen-bond donors (Lipinski definition) is 0. The number of aryl methyl sites for hydroxylation is 1. The quantitative estimate of drug-likeness (QED) is 0.211. The van der Waals surface area contributed by atoms with Crippen molar-refractivity contribution in [3.63, 3.8) is 0 Å². The summed E-state index contributed by atoms with van der Waals surface area (Å²) in [7, 11) is 0. The Morgan fingerprint density at radius 2 is 1.58 bits per heavy atom. The number of halogens is 9. The van der Waals surface area contributed by atoms with E-state index in [0.29, 0.717) is 30.7 Å².